The van der Waals surface area contributed by atoms with E-state index in [0.29, 0.717) is 12.3 Å². The van der Waals surface area contributed by atoms with Gasteiger partial charge in [-0.1, -0.05) is 38.0 Å². The van der Waals surface area contributed by atoms with Crippen LogP contribution in [0.5, 0.6) is 0 Å². The molecule has 3 heteroatoms. The zero-order valence-corrected chi connectivity index (χ0v) is 12.6. The van der Waals surface area contributed by atoms with E-state index in [-0.39, 0.29) is 17.7 Å². The molecule has 2 atom stereocenters. The van der Waals surface area contributed by atoms with E-state index in [1.165, 1.54) is 20.0 Å². The first kappa shape index (κ1) is 16.7. The average Bonchev–Trinajstić information content (AvgIpc) is 2.80. The summed E-state index contributed by atoms with van der Waals surface area (Å²) in [5.74, 6) is 0.666. The number of carbonyl (C=O) groups excluding carboxylic acids is 2. The molecule has 0 amide bonds. The lowest BCUT2D eigenvalue weighted by Gasteiger charge is -2.15. The predicted octanol–water partition coefficient (Wildman–Crippen LogP) is 3.84. The van der Waals surface area contributed by atoms with Crippen molar-refractivity contribution in [3.63, 3.8) is 0 Å². The second kappa shape index (κ2) is 9.51. The van der Waals surface area contributed by atoms with Crippen molar-refractivity contribution in [1.82, 2.24) is 0 Å². The molecule has 0 aromatic heterocycles. The Kier molecular flexibility index (Phi) is 7.93. The van der Waals surface area contributed by atoms with Gasteiger partial charge in [-0.3, -0.25) is 9.59 Å². The second-order valence-corrected chi connectivity index (χ2v) is 5.35. The molecule has 3 nitrogen and oxygen atoms in total. The van der Waals surface area contributed by atoms with Gasteiger partial charge >= 0.3 is 5.97 Å². The molecule has 20 heavy (non-hydrogen) atoms. The Morgan fingerprint density at radius 2 is 2.15 bits per heavy atom. The van der Waals surface area contributed by atoms with Crippen LogP contribution >= 0.6 is 0 Å². The number of ketones is 1. The van der Waals surface area contributed by atoms with E-state index < -0.39 is 0 Å². The minimum atomic E-state index is -0.159. The third kappa shape index (κ3) is 5.72. The molecule has 0 N–H and O–H groups in total. The van der Waals surface area contributed by atoms with Gasteiger partial charge in [0, 0.05) is 12.3 Å². The first-order valence-corrected chi connectivity index (χ1v) is 7.62. The molecule has 0 bridgehead atoms. The fraction of sp³-hybridized carbons (Fsp3) is 0.647. The van der Waals surface area contributed by atoms with Crippen molar-refractivity contribution in [1.29, 1.82) is 0 Å². The quantitative estimate of drug-likeness (QED) is 0.365. The lowest BCUT2D eigenvalue weighted by Crippen LogP contribution is -2.15. The molecule has 0 aromatic carbocycles. The molecule has 0 saturated carbocycles. The number of methoxy groups -OCH3 is 1. The molecule has 1 aliphatic carbocycles. The fourth-order valence-corrected chi connectivity index (χ4v) is 2.54. The molecule has 1 aliphatic rings. The molecule has 0 saturated heterocycles. The Bertz CT molecular complexity index is 368. The third-order valence-electron chi connectivity index (χ3n) is 3.82. The minimum absolute atomic E-state index is 0.137. The highest BCUT2D eigenvalue weighted by molar-refractivity contribution is 5.94. The van der Waals surface area contributed by atoms with Crippen LogP contribution in [-0.4, -0.2) is 18.9 Å². The molecule has 1 rings (SSSR count). The smallest absolute Gasteiger partial charge is 0.305 e. The number of ether oxygens (including phenoxy) is 1. The maximum absolute atomic E-state index is 11.8. The lowest BCUT2D eigenvalue weighted by atomic mass is 9.87. The molecule has 0 spiro atoms. The number of allylic oxidation sites excluding steroid dienone is 4. The molecular weight excluding hydrogens is 252 g/mol. The highest BCUT2D eigenvalue weighted by Crippen LogP contribution is 2.30. The van der Waals surface area contributed by atoms with E-state index in [4.69, 9.17) is 0 Å². The van der Waals surface area contributed by atoms with E-state index in [9.17, 15) is 9.59 Å². The van der Waals surface area contributed by atoms with Gasteiger partial charge in [-0.15, -0.1) is 0 Å². The third-order valence-corrected chi connectivity index (χ3v) is 3.82. The normalized spacial score (nSPS) is 21.8. The summed E-state index contributed by atoms with van der Waals surface area (Å²) in [6.07, 6.45) is 14.4. The number of carbonyl (C=O) groups is 2. The van der Waals surface area contributed by atoms with Crippen LogP contribution in [0.15, 0.2) is 24.3 Å². The van der Waals surface area contributed by atoms with Gasteiger partial charge in [0.1, 0.15) is 0 Å². The van der Waals surface area contributed by atoms with Crippen molar-refractivity contribution >= 4 is 11.8 Å². The van der Waals surface area contributed by atoms with E-state index in [2.05, 4.69) is 29.9 Å². The molecular formula is C17H26O3. The first-order chi connectivity index (χ1) is 9.69. The molecule has 0 aliphatic heterocycles. The van der Waals surface area contributed by atoms with Crippen molar-refractivity contribution in [2.45, 2.75) is 51.9 Å². The summed E-state index contributed by atoms with van der Waals surface area (Å²) >= 11 is 0. The van der Waals surface area contributed by atoms with Gasteiger partial charge in [-0.05, 0) is 37.7 Å². The van der Waals surface area contributed by atoms with Gasteiger partial charge < -0.3 is 4.74 Å². The van der Waals surface area contributed by atoms with Crippen LogP contribution in [0.25, 0.3) is 0 Å². The Labute approximate surface area is 122 Å². The summed E-state index contributed by atoms with van der Waals surface area (Å²) in [5, 5.41) is 0. The van der Waals surface area contributed by atoms with Crippen molar-refractivity contribution in [2.24, 2.45) is 11.8 Å². The first-order valence-electron chi connectivity index (χ1n) is 7.62. The number of hydrogen-bond acceptors (Lipinski definition) is 3. The SMILES string of the molecule is CCCCC1C=CC(=O)C1C/C=C\CCCC(=O)OC. The van der Waals surface area contributed by atoms with Gasteiger partial charge in [0.05, 0.1) is 7.11 Å². The summed E-state index contributed by atoms with van der Waals surface area (Å²) in [6, 6.07) is 0. The van der Waals surface area contributed by atoms with Crippen LogP contribution in [-0.2, 0) is 14.3 Å². The van der Waals surface area contributed by atoms with Gasteiger partial charge in [0.2, 0.25) is 0 Å². The minimum Gasteiger partial charge on any atom is -0.469 e. The van der Waals surface area contributed by atoms with Gasteiger partial charge in [0.15, 0.2) is 5.78 Å². The Morgan fingerprint density at radius 1 is 1.35 bits per heavy atom. The monoisotopic (exact) mass is 278 g/mol. The maximum Gasteiger partial charge on any atom is 0.305 e. The van der Waals surface area contributed by atoms with E-state index in [1.54, 1.807) is 6.08 Å². The molecule has 0 radical (unpaired) electrons. The van der Waals surface area contributed by atoms with Crippen LogP contribution in [0, 0.1) is 11.8 Å². The summed E-state index contributed by atoms with van der Waals surface area (Å²) in [6.45, 7) is 2.18. The number of rotatable bonds is 9. The van der Waals surface area contributed by atoms with Crippen LogP contribution in [0.2, 0.25) is 0 Å². The molecule has 0 heterocycles. The van der Waals surface area contributed by atoms with Crippen molar-refractivity contribution in [3.05, 3.63) is 24.3 Å². The number of hydrogen-bond donors (Lipinski definition) is 0. The lowest BCUT2D eigenvalue weighted by molar-refractivity contribution is -0.140. The summed E-state index contributed by atoms with van der Waals surface area (Å²) < 4.78 is 4.59. The maximum atomic E-state index is 11.8. The number of unbranched alkanes of at least 4 members (excludes halogenated alkanes) is 2. The predicted molar refractivity (Wildman–Crippen MR) is 80.3 cm³/mol. The average molecular weight is 278 g/mol. The van der Waals surface area contributed by atoms with Gasteiger partial charge in [0.25, 0.3) is 0 Å². The highest BCUT2D eigenvalue weighted by atomic mass is 16.5. The summed E-state index contributed by atoms with van der Waals surface area (Å²) in [5.41, 5.74) is 0. The fourth-order valence-electron chi connectivity index (χ4n) is 2.54. The Morgan fingerprint density at radius 3 is 2.85 bits per heavy atom. The largest absolute Gasteiger partial charge is 0.469 e. The zero-order valence-electron chi connectivity index (χ0n) is 12.6. The van der Waals surface area contributed by atoms with Crippen molar-refractivity contribution < 1.29 is 14.3 Å². The van der Waals surface area contributed by atoms with Gasteiger partial charge in [-0.25, -0.2) is 0 Å². The molecule has 2 unspecified atom stereocenters. The van der Waals surface area contributed by atoms with Crippen LogP contribution < -0.4 is 0 Å². The van der Waals surface area contributed by atoms with Crippen molar-refractivity contribution in [3.8, 4) is 0 Å². The summed E-state index contributed by atoms with van der Waals surface area (Å²) in [4.78, 5) is 22.8. The van der Waals surface area contributed by atoms with Gasteiger partial charge in [-0.2, -0.15) is 0 Å². The van der Waals surface area contributed by atoms with Crippen molar-refractivity contribution in [2.75, 3.05) is 7.11 Å². The molecule has 0 aromatic rings. The van der Waals surface area contributed by atoms with Crippen LogP contribution in [0.3, 0.4) is 0 Å². The van der Waals surface area contributed by atoms with E-state index in [1.807, 2.05) is 0 Å². The van der Waals surface area contributed by atoms with Crippen LogP contribution in [0.1, 0.15) is 51.9 Å². The molecule has 0 fully saturated rings. The van der Waals surface area contributed by atoms with E-state index in [0.717, 1.165) is 25.7 Å². The number of esters is 1. The van der Waals surface area contributed by atoms with E-state index >= 15 is 0 Å². The Balaban J connectivity index is 2.25. The standard InChI is InChI=1S/C17H26O3/c1-3-4-9-14-12-13-16(18)15(14)10-7-5-6-8-11-17(19)20-2/h5,7,12-15H,3-4,6,8-11H2,1-2H3/b7-5-. The topological polar surface area (TPSA) is 43.4 Å². The zero-order chi connectivity index (χ0) is 14.8. The Hall–Kier alpha value is -1.38. The molecule has 112 valence electrons. The summed E-state index contributed by atoms with van der Waals surface area (Å²) in [7, 11) is 1.41. The van der Waals surface area contributed by atoms with Crippen LogP contribution in [0.4, 0.5) is 0 Å². The highest BCUT2D eigenvalue weighted by Gasteiger charge is 2.28. The second-order valence-electron chi connectivity index (χ2n) is 5.35.